The molecule has 3 aromatic heterocycles. The Kier molecular flexibility index (Phi) is 7.86. The second-order valence-electron chi connectivity index (χ2n) is 10.1. The summed E-state index contributed by atoms with van der Waals surface area (Å²) < 4.78 is 10.3. The quantitative estimate of drug-likeness (QED) is 0.246. The summed E-state index contributed by atoms with van der Waals surface area (Å²) in [5, 5.41) is 14.2. The van der Waals surface area contributed by atoms with E-state index in [1.807, 2.05) is 45.0 Å². The average Bonchev–Trinajstić information content (AvgIpc) is 3.58. The fraction of sp³-hybridized carbons (Fsp3) is 0.367. The number of nitrogens with one attached hydrogen (secondary N) is 2. The molecule has 39 heavy (non-hydrogen) atoms. The van der Waals surface area contributed by atoms with Crippen LogP contribution in [0, 0.1) is 19.8 Å². The molecule has 5 rings (SSSR count). The van der Waals surface area contributed by atoms with Gasteiger partial charge in [-0.25, -0.2) is 4.98 Å². The number of Topliss-reactive ketones (excluding diaryl/α,β-unsaturated/α-hetero) is 1. The molecule has 0 radical (unpaired) electrons. The van der Waals surface area contributed by atoms with Gasteiger partial charge in [-0.15, -0.1) is 0 Å². The lowest BCUT2D eigenvalue weighted by Crippen LogP contribution is -2.46. The molecular formula is C30H33N5O4. The van der Waals surface area contributed by atoms with Crippen LogP contribution in [0.1, 0.15) is 76.9 Å². The number of rotatable bonds is 9. The van der Waals surface area contributed by atoms with E-state index in [1.165, 1.54) is 6.26 Å². The minimum atomic E-state index is -0.602. The summed E-state index contributed by atoms with van der Waals surface area (Å²) in [6, 6.07) is 10.6. The molecule has 202 valence electrons. The van der Waals surface area contributed by atoms with Crippen molar-refractivity contribution in [2.45, 2.75) is 65.3 Å². The van der Waals surface area contributed by atoms with E-state index in [4.69, 9.17) is 9.05 Å². The van der Waals surface area contributed by atoms with Crippen molar-refractivity contribution < 1.29 is 18.6 Å². The molecule has 0 unspecified atom stereocenters. The van der Waals surface area contributed by atoms with E-state index in [1.54, 1.807) is 18.3 Å². The topological polar surface area (TPSA) is 123 Å². The number of aryl methyl sites for hydroxylation is 3. The summed E-state index contributed by atoms with van der Waals surface area (Å²) in [4.78, 5) is 31.3. The third kappa shape index (κ3) is 5.77. The van der Waals surface area contributed by atoms with Gasteiger partial charge in [0.05, 0.1) is 17.4 Å². The van der Waals surface area contributed by atoms with Crippen molar-refractivity contribution >= 4 is 23.2 Å². The minimum Gasteiger partial charge on any atom is -0.364 e. The fourth-order valence-electron chi connectivity index (χ4n) is 5.34. The molecule has 0 saturated heterocycles. The standard InChI is InChI=1S/C30H33N5O4/c1-4-25-24(17-38-35-25)30(37)33-28(20-8-6-5-7-9-20)29(36)21-10-13-23(14-11-21)32-26-15-12-22(16-31-26)27-18(2)34-39-19(27)3/h10-17,20,28H,4-9H2,1-3H3,(H,31,32)(H,33,37)/t28-/m0/s1. The van der Waals surface area contributed by atoms with Gasteiger partial charge < -0.3 is 19.7 Å². The van der Waals surface area contributed by atoms with Gasteiger partial charge in [-0.2, -0.15) is 0 Å². The number of benzene rings is 1. The van der Waals surface area contributed by atoms with Crippen LogP contribution in [0.3, 0.4) is 0 Å². The average molecular weight is 528 g/mol. The van der Waals surface area contributed by atoms with Crippen LogP contribution in [0.4, 0.5) is 11.5 Å². The molecule has 2 N–H and O–H groups in total. The Hall–Kier alpha value is -4.27. The molecule has 0 bridgehead atoms. The van der Waals surface area contributed by atoms with E-state index in [0.717, 1.165) is 60.4 Å². The summed E-state index contributed by atoms with van der Waals surface area (Å²) in [6.07, 6.45) is 8.81. The predicted octanol–water partition coefficient (Wildman–Crippen LogP) is 6.21. The van der Waals surface area contributed by atoms with Crippen molar-refractivity contribution in [2.24, 2.45) is 5.92 Å². The zero-order chi connectivity index (χ0) is 27.4. The number of anilines is 2. The van der Waals surface area contributed by atoms with Crippen molar-refractivity contribution in [1.29, 1.82) is 0 Å². The Morgan fingerprint density at radius 2 is 1.79 bits per heavy atom. The molecule has 1 aliphatic carbocycles. The Labute approximate surface area is 227 Å². The van der Waals surface area contributed by atoms with Gasteiger partial charge in [0.1, 0.15) is 23.4 Å². The van der Waals surface area contributed by atoms with Gasteiger partial charge in [0, 0.05) is 28.6 Å². The number of hydrogen-bond acceptors (Lipinski definition) is 8. The molecule has 1 aliphatic rings. The maximum absolute atomic E-state index is 13.7. The van der Waals surface area contributed by atoms with Gasteiger partial charge in [0.15, 0.2) is 5.78 Å². The van der Waals surface area contributed by atoms with E-state index >= 15 is 0 Å². The number of ketones is 1. The number of carbonyl (C=O) groups excluding carboxylic acids is 2. The molecule has 1 aromatic carbocycles. The maximum Gasteiger partial charge on any atom is 0.257 e. The first-order chi connectivity index (χ1) is 18.9. The van der Waals surface area contributed by atoms with Gasteiger partial charge in [0.2, 0.25) is 0 Å². The smallest absolute Gasteiger partial charge is 0.257 e. The summed E-state index contributed by atoms with van der Waals surface area (Å²) in [6.45, 7) is 5.70. The van der Waals surface area contributed by atoms with Crippen molar-refractivity contribution in [2.75, 3.05) is 5.32 Å². The number of nitrogens with zero attached hydrogens (tertiary/aromatic N) is 3. The Morgan fingerprint density at radius 3 is 2.44 bits per heavy atom. The fourth-order valence-corrected chi connectivity index (χ4v) is 5.34. The molecule has 4 aromatic rings. The normalized spacial score (nSPS) is 14.6. The zero-order valence-electron chi connectivity index (χ0n) is 22.5. The summed E-state index contributed by atoms with van der Waals surface area (Å²) >= 11 is 0. The van der Waals surface area contributed by atoms with Crippen LogP contribution in [-0.4, -0.2) is 33.0 Å². The van der Waals surface area contributed by atoms with Gasteiger partial charge in [-0.1, -0.05) is 36.5 Å². The number of aromatic nitrogens is 3. The highest BCUT2D eigenvalue weighted by molar-refractivity contribution is 6.04. The third-order valence-electron chi connectivity index (χ3n) is 7.44. The minimum absolute atomic E-state index is 0.0850. The van der Waals surface area contributed by atoms with E-state index < -0.39 is 6.04 Å². The molecule has 0 spiro atoms. The summed E-state index contributed by atoms with van der Waals surface area (Å²) in [5.74, 6) is 1.13. The van der Waals surface area contributed by atoms with Crippen molar-refractivity contribution in [3.63, 3.8) is 0 Å². The van der Waals surface area contributed by atoms with Crippen molar-refractivity contribution in [3.8, 4) is 11.1 Å². The molecule has 1 saturated carbocycles. The highest BCUT2D eigenvalue weighted by atomic mass is 16.5. The lowest BCUT2D eigenvalue weighted by Gasteiger charge is -2.30. The molecule has 1 atom stereocenters. The van der Waals surface area contributed by atoms with Crippen molar-refractivity contribution in [3.05, 3.63) is 77.1 Å². The van der Waals surface area contributed by atoms with E-state index in [9.17, 15) is 9.59 Å². The van der Waals surface area contributed by atoms with Crippen LogP contribution >= 0.6 is 0 Å². The molecular weight excluding hydrogens is 494 g/mol. The molecule has 1 amide bonds. The molecule has 9 heteroatoms. The number of pyridine rings is 1. The monoisotopic (exact) mass is 527 g/mol. The SMILES string of the molecule is CCc1nocc1C(=O)N[C@H](C(=O)c1ccc(Nc2ccc(-c3c(C)noc3C)cn2)cc1)C1CCCCC1. The van der Waals surface area contributed by atoms with Gasteiger partial charge in [-0.05, 0) is 75.4 Å². The van der Waals surface area contributed by atoms with E-state index in [-0.39, 0.29) is 17.6 Å². The molecule has 1 fully saturated rings. The number of amides is 1. The van der Waals surface area contributed by atoms with Crippen LogP contribution in [0.15, 0.2) is 57.9 Å². The molecule has 0 aliphatic heterocycles. The van der Waals surface area contributed by atoms with Crippen molar-refractivity contribution in [1.82, 2.24) is 20.6 Å². The van der Waals surface area contributed by atoms with Crippen LogP contribution in [0.5, 0.6) is 0 Å². The highest BCUT2D eigenvalue weighted by Crippen LogP contribution is 2.30. The first kappa shape index (κ1) is 26.3. The first-order valence-corrected chi connectivity index (χ1v) is 13.5. The first-order valence-electron chi connectivity index (χ1n) is 13.5. The van der Waals surface area contributed by atoms with E-state index in [2.05, 4.69) is 25.9 Å². The second kappa shape index (κ2) is 11.6. The maximum atomic E-state index is 13.7. The summed E-state index contributed by atoms with van der Waals surface area (Å²) in [5.41, 5.74) is 5.05. The molecule has 9 nitrogen and oxygen atoms in total. The third-order valence-corrected chi connectivity index (χ3v) is 7.44. The Morgan fingerprint density at radius 1 is 1.03 bits per heavy atom. The van der Waals surface area contributed by atoms with Crippen LogP contribution in [0.2, 0.25) is 0 Å². The highest BCUT2D eigenvalue weighted by Gasteiger charge is 2.32. The van der Waals surface area contributed by atoms with Crippen LogP contribution < -0.4 is 10.6 Å². The largest absolute Gasteiger partial charge is 0.364 e. The van der Waals surface area contributed by atoms with Gasteiger partial charge in [-0.3, -0.25) is 9.59 Å². The Bertz CT molecular complexity index is 1410. The van der Waals surface area contributed by atoms with Crippen LogP contribution in [0.25, 0.3) is 11.1 Å². The molecule has 3 heterocycles. The lowest BCUT2D eigenvalue weighted by molar-refractivity contribution is 0.0802. The lowest BCUT2D eigenvalue weighted by atomic mass is 9.81. The zero-order valence-corrected chi connectivity index (χ0v) is 22.5. The van der Waals surface area contributed by atoms with Gasteiger partial charge >= 0.3 is 0 Å². The number of hydrogen-bond donors (Lipinski definition) is 2. The Balaban J connectivity index is 1.30. The van der Waals surface area contributed by atoms with Gasteiger partial charge in [0.25, 0.3) is 5.91 Å². The number of carbonyl (C=O) groups is 2. The predicted molar refractivity (Wildman–Crippen MR) is 147 cm³/mol. The van der Waals surface area contributed by atoms with Crippen LogP contribution in [-0.2, 0) is 6.42 Å². The summed E-state index contributed by atoms with van der Waals surface area (Å²) in [7, 11) is 0. The van der Waals surface area contributed by atoms with E-state index in [0.29, 0.717) is 29.1 Å². The second-order valence-corrected chi connectivity index (χ2v) is 10.1.